The largest absolute Gasteiger partial charge is 0.476 e. The minimum absolute atomic E-state index is 0.0722. The Hall–Kier alpha value is -2.99. The molecule has 5 nitrogen and oxygen atoms in total. The number of benzene rings is 2. The third kappa shape index (κ3) is 2.64. The van der Waals surface area contributed by atoms with Crippen LogP contribution in [0.2, 0.25) is 5.02 Å². The summed E-state index contributed by atoms with van der Waals surface area (Å²) in [6.45, 7) is 0.156. The van der Waals surface area contributed by atoms with Crippen molar-refractivity contribution in [2.24, 2.45) is 4.99 Å². The molecule has 1 aliphatic carbocycles. The quantitative estimate of drug-likeness (QED) is 0.705. The standard InChI is InChI=1S/C21H15ClFN3O2/c22-12-7-8-16-14(9-12)18(13-3-1-2-4-15(13)23)24-10-17-25-19(21(27)28)20(26(16)17)11-5-6-11/h1-4,7-9,11H,5-6,10H2,(H,27,28). The molecule has 28 heavy (non-hydrogen) atoms. The molecule has 0 spiro atoms. The summed E-state index contributed by atoms with van der Waals surface area (Å²) < 4.78 is 16.4. The van der Waals surface area contributed by atoms with Crippen molar-refractivity contribution in [3.8, 4) is 5.69 Å². The third-order valence-electron chi connectivity index (χ3n) is 5.11. The van der Waals surface area contributed by atoms with E-state index in [-0.39, 0.29) is 24.0 Å². The monoisotopic (exact) mass is 395 g/mol. The number of hydrogen-bond acceptors (Lipinski definition) is 3. The summed E-state index contributed by atoms with van der Waals surface area (Å²) in [5.74, 6) is -0.725. The fraction of sp³-hybridized carbons (Fsp3) is 0.190. The van der Waals surface area contributed by atoms with E-state index in [2.05, 4.69) is 9.98 Å². The first-order valence-corrected chi connectivity index (χ1v) is 9.37. The van der Waals surface area contributed by atoms with Crippen molar-refractivity contribution in [1.82, 2.24) is 9.55 Å². The fourth-order valence-electron chi connectivity index (χ4n) is 3.76. The summed E-state index contributed by atoms with van der Waals surface area (Å²) in [7, 11) is 0. The number of halogens is 2. The maximum Gasteiger partial charge on any atom is 0.356 e. The molecule has 1 N–H and O–H groups in total. The molecule has 0 amide bonds. The molecule has 0 radical (unpaired) electrons. The lowest BCUT2D eigenvalue weighted by Crippen LogP contribution is -2.11. The van der Waals surface area contributed by atoms with E-state index in [9.17, 15) is 14.3 Å². The van der Waals surface area contributed by atoms with E-state index in [0.29, 0.717) is 33.4 Å². The summed E-state index contributed by atoms with van der Waals surface area (Å²) in [5.41, 5.74) is 3.01. The van der Waals surface area contributed by atoms with Gasteiger partial charge in [0, 0.05) is 22.1 Å². The zero-order valence-corrected chi connectivity index (χ0v) is 15.4. The van der Waals surface area contributed by atoms with Crippen LogP contribution in [0.25, 0.3) is 5.69 Å². The summed E-state index contributed by atoms with van der Waals surface area (Å²) in [4.78, 5) is 20.8. The fourth-order valence-corrected chi connectivity index (χ4v) is 3.93. The number of nitrogens with zero attached hydrogens (tertiary/aromatic N) is 3. The molecular formula is C21H15ClFN3O2. The maximum atomic E-state index is 14.5. The van der Waals surface area contributed by atoms with Gasteiger partial charge in [-0.15, -0.1) is 0 Å². The Bertz CT molecular complexity index is 1160. The van der Waals surface area contributed by atoms with Gasteiger partial charge in [0.15, 0.2) is 5.69 Å². The highest BCUT2D eigenvalue weighted by Gasteiger charge is 2.36. The van der Waals surface area contributed by atoms with Crippen molar-refractivity contribution >= 4 is 23.3 Å². The highest BCUT2D eigenvalue weighted by Crippen LogP contribution is 2.44. The summed E-state index contributed by atoms with van der Waals surface area (Å²) in [5, 5.41) is 10.1. The molecule has 1 aliphatic heterocycles. The summed E-state index contributed by atoms with van der Waals surface area (Å²) >= 11 is 6.25. The van der Waals surface area contributed by atoms with E-state index in [0.717, 1.165) is 18.5 Å². The van der Waals surface area contributed by atoms with Crippen LogP contribution in [0.1, 0.15) is 51.9 Å². The number of aromatic carboxylic acids is 1. The molecule has 0 unspecified atom stereocenters. The van der Waals surface area contributed by atoms with Crippen molar-refractivity contribution in [1.29, 1.82) is 0 Å². The molecular weight excluding hydrogens is 381 g/mol. The van der Waals surface area contributed by atoms with Gasteiger partial charge in [0.1, 0.15) is 11.6 Å². The molecule has 0 saturated heterocycles. The highest BCUT2D eigenvalue weighted by molar-refractivity contribution is 6.31. The van der Waals surface area contributed by atoms with Gasteiger partial charge in [-0.2, -0.15) is 0 Å². The minimum atomic E-state index is -1.05. The summed E-state index contributed by atoms with van der Waals surface area (Å²) in [6, 6.07) is 11.8. The number of hydrogen-bond donors (Lipinski definition) is 1. The number of carboxylic acid groups (broad SMARTS) is 1. The first kappa shape index (κ1) is 17.1. The summed E-state index contributed by atoms with van der Waals surface area (Å²) in [6.07, 6.45) is 1.85. The van der Waals surface area contributed by atoms with E-state index in [4.69, 9.17) is 11.6 Å². The smallest absolute Gasteiger partial charge is 0.356 e. The lowest BCUT2D eigenvalue weighted by Gasteiger charge is -2.15. The number of aromatic nitrogens is 2. The zero-order valence-electron chi connectivity index (χ0n) is 14.7. The molecule has 5 rings (SSSR count). The van der Waals surface area contributed by atoms with Gasteiger partial charge in [0.05, 0.1) is 23.6 Å². The number of rotatable bonds is 3. The van der Waals surface area contributed by atoms with Crippen LogP contribution in [0, 0.1) is 5.82 Å². The molecule has 3 aromatic rings. The third-order valence-corrected chi connectivity index (χ3v) is 5.35. The van der Waals surface area contributed by atoms with Crippen LogP contribution in [0.3, 0.4) is 0 Å². The first-order chi connectivity index (χ1) is 13.5. The Kier molecular flexibility index (Phi) is 3.84. The highest BCUT2D eigenvalue weighted by atomic mass is 35.5. The zero-order chi connectivity index (χ0) is 19.4. The molecule has 0 atom stereocenters. The Labute approximate surface area is 165 Å². The van der Waals surface area contributed by atoms with Crippen molar-refractivity contribution in [2.45, 2.75) is 25.3 Å². The Morgan fingerprint density at radius 1 is 1.18 bits per heavy atom. The van der Waals surface area contributed by atoms with Gasteiger partial charge in [0.2, 0.25) is 0 Å². The molecule has 140 valence electrons. The Morgan fingerprint density at radius 2 is 1.96 bits per heavy atom. The van der Waals surface area contributed by atoms with Gasteiger partial charge in [-0.3, -0.25) is 9.56 Å². The van der Waals surface area contributed by atoms with E-state index < -0.39 is 5.97 Å². The maximum absolute atomic E-state index is 14.5. The van der Waals surface area contributed by atoms with E-state index in [1.54, 1.807) is 30.3 Å². The van der Waals surface area contributed by atoms with Gasteiger partial charge < -0.3 is 5.11 Å². The number of aliphatic imine (C=N–C) groups is 1. The first-order valence-electron chi connectivity index (χ1n) is 8.99. The van der Waals surface area contributed by atoms with Crippen LogP contribution in [0.4, 0.5) is 4.39 Å². The van der Waals surface area contributed by atoms with Gasteiger partial charge in [-0.1, -0.05) is 23.7 Å². The van der Waals surface area contributed by atoms with Gasteiger partial charge in [-0.05, 0) is 43.2 Å². The predicted octanol–water partition coefficient (Wildman–Crippen LogP) is 4.59. The molecule has 1 saturated carbocycles. The number of carboxylic acids is 1. The van der Waals surface area contributed by atoms with Crippen molar-refractivity contribution in [2.75, 3.05) is 0 Å². The van der Waals surface area contributed by atoms with Crippen LogP contribution in [-0.4, -0.2) is 26.3 Å². The van der Waals surface area contributed by atoms with Gasteiger partial charge >= 0.3 is 5.97 Å². The predicted molar refractivity (Wildman–Crippen MR) is 103 cm³/mol. The van der Waals surface area contributed by atoms with Gasteiger partial charge in [0.25, 0.3) is 0 Å². The normalized spacial score (nSPS) is 15.4. The average molecular weight is 396 g/mol. The lowest BCUT2D eigenvalue weighted by molar-refractivity contribution is 0.0689. The number of fused-ring (bicyclic) bond motifs is 3. The second-order valence-corrected chi connectivity index (χ2v) is 7.42. The lowest BCUT2D eigenvalue weighted by atomic mass is 9.99. The molecule has 1 fully saturated rings. The topological polar surface area (TPSA) is 67.5 Å². The molecule has 2 heterocycles. The van der Waals surface area contributed by atoms with Crippen LogP contribution in [-0.2, 0) is 6.54 Å². The van der Waals surface area contributed by atoms with E-state index in [1.807, 2.05) is 10.6 Å². The second-order valence-electron chi connectivity index (χ2n) is 6.98. The van der Waals surface area contributed by atoms with Crippen molar-refractivity contribution < 1.29 is 14.3 Å². The van der Waals surface area contributed by atoms with Crippen LogP contribution >= 0.6 is 11.6 Å². The van der Waals surface area contributed by atoms with Crippen LogP contribution in [0.15, 0.2) is 47.5 Å². The molecule has 1 aromatic heterocycles. The molecule has 2 aromatic carbocycles. The molecule has 2 aliphatic rings. The SMILES string of the molecule is O=C(O)c1nc2n(c1C1CC1)-c1ccc(Cl)cc1C(c1ccccc1F)=NC2. The number of carbonyl (C=O) groups is 1. The molecule has 7 heteroatoms. The van der Waals surface area contributed by atoms with Crippen molar-refractivity contribution in [3.05, 3.63) is 81.6 Å². The minimum Gasteiger partial charge on any atom is -0.476 e. The van der Waals surface area contributed by atoms with E-state index >= 15 is 0 Å². The van der Waals surface area contributed by atoms with E-state index in [1.165, 1.54) is 6.07 Å². The van der Waals surface area contributed by atoms with Crippen LogP contribution in [0.5, 0.6) is 0 Å². The Morgan fingerprint density at radius 3 is 2.68 bits per heavy atom. The van der Waals surface area contributed by atoms with Gasteiger partial charge in [-0.25, -0.2) is 14.2 Å². The Balaban J connectivity index is 1.80. The van der Waals surface area contributed by atoms with Crippen molar-refractivity contribution in [3.63, 3.8) is 0 Å². The average Bonchev–Trinajstić information content (AvgIpc) is 3.46. The molecule has 0 bridgehead atoms. The number of imidazole rings is 1. The second kappa shape index (κ2) is 6.27. The van der Waals surface area contributed by atoms with Crippen LogP contribution < -0.4 is 0 Å².